The van der Waals surface area contributed by atoms with Gasteiger partial charge in [0.15, 0.2) is 57.6 Å². The first kappa shape index (κ1) is 107. The van der Waals surface area contributed by atoms with Crippen molar-refractivity contribution < 1.29 is 47.9 Å². The Labute approximate surface area is 835 Å². The molecule has 0 aliphatic carbocycles. The molecule has 144 heavy (non-hydrogen) atoms. The smallest absolute Gasteiger partial charge is 0.273 e. The zero-order valence-corrected chi connectivity index (χ0v) is 82.3. The number of hydrogen-bond donors (Lipinski definition) is 13. The van der Waals surface area contributed by atoms with Crippen molar-refractivity contribution in [1.29, 1.82) is 0 Å². The van der Waals surface area contributed by atoms with E-state index in [1.165, 1.54) is 42.8 Å². The molecule has 10 aromatic rings. The molecule has 0 bridgehead atoms. The molecule has 5 aliphatic heterocycles. The number of nitrogens with one attached hydrogen (secondary N) is 8. The summed E-state index contributed by atoms with van der Waals surface area (Å²) in [5.41, 5.74) is 36.4. The zero-order valence-electron chi connectivity index (χ0n) is 82.3. The van der Waals surface area contributed by atoms with Gasteiger partial charge in [-0.05, 0) is 232 Å². The van der Waals surface area contributed by atoms with E-state index in [9.17, 15) is 47.9 Å². The minimum atomic E-state index is -0.722. The number of nitrogens with zero attached hydrogens (tertiary/aromatic N) is 20. The van der Waals surface area contributed by atoms with Crippen LogP contribution in [-0.2, 0) is 24.0 Å². The van der Waals surface area contributed by atoms with Crippen LogP contribution in [-0.4, -0.2) is 258 Å². The maximum Gasteiger partial charge on any atom is 0.273 e. The third-order valence-electron chi connectivity index (χ3n) is 24.5. The number of nitrogens with two attached hydrogens (primary N) is 5. The molecule has 5 saturated heterocycles. The SMILES string of the molecule is C=CC(=O)N1CCC[C@@H](N(C)c2cnc(C(N)=O)c(Nc3cccc(C)c3)n2)C1.C=CC(=O)N1CCC[C@@H](N(C)c2nnc(C(N)=O)c(Nc3cccc(C)c3)n2)C1.C=CC(=O)N1CCC[C@@H](Nc2cnc(C(N)=O)c(Nc3cccc(C)c3)n2)[C@H]1C.C=CC(=O)N1CCC[C@@H](Nc2nnc(C(N)=O)c(Nc3cccc(C)c3)n2)C1.C=CC(=O)N1CCC[C@@H](Nc2nnc(C(N)=O)c(Nc3cccc(C)c3)n2)[C@H]1C. The average Bonchev–Trinajstić information content (AvgIpc) is 0.797. The van der Waals surface area contributed by atoms with Crippen LogP contribution in [0, 0.1) is 34.6 Å². The largest absolute Gasteiger partial charge is 0.364 e. The number of amides is 10. The molecule has 0 unspecified atom stereocenters. The summed E-state index contributed by atoms with van der Waals surface area (Å²) in [5.74, 6) is -0.637. The van der Waals surface area contributed by atoms with E-state index in [0.717, 1.165) is 127 Å². The molecule has 5 aromatic carbocycles. The third kappa shape index (κ3) is 29.6. The number of benzene rings is 5. The van der Waals surface area contributed by atoms with Crippen LogP contribution in [0.5, 0.6) is 0 Å². The maximum atomic E-state index is 12.1. The summed E-state index contributed by atoms with van der Waals surface area (Å²) >= 11 is 0. The Morgan fingerprint density at radius 1 is 0.354 bits per heavy atom. The lowest BCUT2D eigenvalue weighted by atomic mass is 9.97. The molecule has 18 N–H and O–H groups in total. The molecule has 5 aromatic heterocycles. The number of hydrogen-bond acceptors (Lipinski definition) is 33. The molecule has 43 heteroatoms. The molecule has 754 valence electrons. The van der Waals surface area contributed by atoms with Gasteiger partial charge in [-0.15, -0.1) is 30.6 Å². The van der Waals surface area contributed by atoms with Crippen molar-refractivity contribution in [2.75, 3.05) is 119 Å². The third-order valence-corrected chi connectivity index (χ3v) is 24.5. The van der Waals surface area contributed by atoms with E-state index in [-0.39, 0.29) is 135 Å². The van der Waals surface area contributed by atoms with E-state index in [1.54, 1.807) is 24.5 Å². The van der Waals surface area contributed by atoms with E-state index in [0.29, 0.717) is 69.2 Å². The monoisotopic (exact) mass is 1960 g/mol. The van der Waals surface area contributed by atoms with Gasteiger partial charge in [0.25, 0.3) is 29.5 Å². The molecule has 5 fully saturated rings. The highest BCUT2D eigenvalue weighted by molar-refractivity contribution is 6.00. The van der Waals surface area contributed by atoms with Crippen molar-refractivity contribution in [3.8, 4) is 0 Å². The van der Waals surface area contributed by atoms with Crippen molar-refractivity contribution in [3.63, 3.8) is 0 Å². The first-order chi connectivity index (χ1) is 69.0. The minimum Gasteiger partial charge on any atom is -0.364 e. The molecule has 10 amide bonds. The predicted molar refractivity (Wildman–Crippen MR) is 554 cm³/mol. The van der Waals surface area contributed by atoms with Crippen molar-refractivity contribution in [1.82, 2.24) is 90.0 Å². The average molecular weight is 1960 g/mol. The number of likely N-dealkylation sites (N-methyl/N-ethyl adjacent to an activating group) is 2. The first-order valence-corrected chi connectivity index (χ1v) is 47.0. The Morgan fingerprint density at radius 2 is 0.681 bits per heavy atom. The standard InChI is InChI=1S/2C21H26N6O2.2C20H25N7O2.C19H23N7O2/c1-4-18(28)27-10-6-9-16(13-27)26(3)17-12-23-19(20(22)29)21(25-17)24-15-8-5-7-14(2)11-15;1-4-18(28)27-10-6-9-16(14(27)3)25-17-12-23-19(20(22)29)21(26-17)24-15-8-5-7-13(2)11-15;1-4-16(28)27-10-6-9-15(12-27)26(3)20-23-19(17(18(21)29)24-25-20)22-14-8-5-7-13(2)11-14;1-4-16(28)27-10-6-9-15(13(27)3)23-20-24-19(17(18(21)29)25-26-20)22-14-8-5-7-12(2)11-14;1-3-15(27)26-9-5-8-14(11-26)22-19-23-18(16(17(20)28)24-25-19)21-13-7-4-6-12(2)10-13/h4-5,7-8,11-12,16H,1,6,9-10,13H2,2-3H3,(H2,22,29)(H,24,25);4-5,7-8,11-12,14,16H,1,6,9-10H2,2-3H3,(H2,22,29)(H2,24,25,26);4-5,7-8,11,15H,1,6,9-10,12H2,2-3H3,(H2,21,29)(H,22,23,25);4-5,7-8,11,13,15H,1,6,9-10H2,2-3H3,(H2,21,29)(H2,22,23,24,26);3-4,6-7,10,14H,1,5,8-9,11H2,2H3,(H2,20,28)(H2,21,22,23,25)/t16-;14-,16-;15-;13-,15-;14-/m11111/s1. The van der Waals surface area contributed by atoms with Crippen LogP contribution in [0.4, 0.5) is 87.0 Å². The lowest BCUT2D eigenvalue weighted by Crippen LogP contribution is -2.51. The van der Waals surface area contributed by atoms with Crippen LogP contribution in [0.25, 0.3) is 0 Å². The van der Waals surface area contributed by atoms with Gasteiger partial charge in [0.2, 0.25) is 47.4 Å². The lowest BCUT2D eigenvalue weighted by molar-refractivity contribution is -0.130. The van der Waals surface area contributed by atoms with Crippen LogP contribution >= 0.6 is 0 Å². The number of carbonyl (C=O) groups excluding carboxylic acids is 10. The van der Waals surface area contributed by atoms with Gasteiger partial charge in [-0.1, -0.05) is 93.6 Å². The highest BCUT2D eigenvalue weighted by Gasteiger charge is 2.36. The van der Waals surface area contributed by atoms with Gasteiger partial charge in [-0.2, -0.15) is 15.0 Å². The fraction of sp³-hybridized carbons (Fsp3) is 0.337. The van der Waals surface area contributed by atoms with E-state index in [2.05, 4.69) is 141 Å². The number of rotatable bonds is 30. The van der Waals surface area contributed by atoms with Gasteiger partial charge < -0.3 is 106 Å². The molecule has 10 heterocycles. The van der Waals surface area contributed by atoms with Crippen molar-refractivity contribution in [3.05, 3.63) is 253 Å². The van der Waals surface area contributed by atoms with Crippen molar-refractivity contribution >= 4 is 146 Å². The Hall–Kier alpha value is -17.3. The van der Waals surface area contributed by atoms with E-state index >= 15 is 0 Å². The molecular formula is C101H125N33O10. The van der Waals surface area contributed by atoms with Crippen LogP contribution in [0.3, 0.4) is 0 Å². The number of aryl methyl sites for hydroxylation is 5. The molecule has 0 saturated carbocycles. The summed E-state index contributed by atoms with van der Waals surface area (Å²) in [4.78, 5) is 162. The van der Waals surface area contributed by atoms with E-state index < -0.39 is 29.5 Å². The summed E-state index contributed by atoms with van der Waals surface area (Å²) < 4.78 is 0. The van der Waals surface area contributed by atoms with Crippen LogP contribution < -0.4 is 81.0 Å². The summed E-state index contributed by atoms with van der Waals surface area (Å²) in [6, 6.07) is 38.3. The summed E-state index contributed by atoms with van der Waals surface area (Å²) in [6.07, 6.45) is 18.4. The normalized spacial score (nSPS) is 17.3. The van der Waals surface area contributed by atoms with Gasteiger partial charge in [0.05, 0.1) is 12.4 Å². The van der Waals surface area contributed by atoms with E-state index in [4.69, 9.17) is 28.7 Å². The number of carbonyl (C=O) groups is 10. The van der Waals surface area contributed by atoms with Crippen LogP contribution in [0.1, 0.15) is 158 Å². The highest BCUT2D eigenvalue weighted by Crippen LogP contribution is 2.32. The Balaban J connectivity index is 0.000000172. The molecular weight excluding hydrogens is 1840 g/mol. The summed E-state index contributed by atoms with van der Waals surface area (Å²) in [6.45, 7) is 36.8. The van der Waals surface area contributed by atoms with Crippen molar-refractivity contribution in [2.45, 2.75) is 155 Å². The second-order valence-electron chi connectivity index (χ2n) is 35.1. The maximum absolute atomic E-state index is 12.1. The fourth-order valence-electron chi connectivity index (χ4n) is 16.9. The van der Waals surface area contributed by atoms with Gasteiger partial charge in [-0.3, -0.25) is 47.9 Å². The second kappa shape index (κ2) is 51.0. The number of aromatic nitrogens is 13. The van der Waals surface area contributed by atoms with E-state index in [1.807, 2.05) is 194 Å². The molecule has 0 spiro atoms. The van der Waals surface area contributed by atoms with Crippen LogP contribution in [0.2, 0.25) is 0 Å². The molecule has 0 radical (unpaired) electrons. The number of likely N-dealkylation sites (tertiary alicyclic amines) is 5. The van der Waals surface area contributed by atoms with Crippen LogP contribution in [0.15, 0.2) is 197 Å². The lowest BCUT2D eigenvalue weighted by Gasteiger charge is -2.39. The second-order valence-corrected chi connectivity index (χ2v) is 35.1. The molecule has 7 atom stereocenters. The fourth-order valence-corrected chi connectivity index (χ4v) is 16.9. The summed E-state index contributed by atoms with van der Waals surface area (Å²) in [5, 5.41) is 49.2. The Bertz CT molecular complexity index is 6060. The quantitative estimate of drug-likeness (QED) is 0.0186. The van der Waals surface area contributed by atoms with Gasteiger partial charge in [-0.25, -0.2) is 19.9 Å². The Morgan fingerprint density at radius 3 is 1.06 bits per heavy atom. The topological polar surface area (TPSA) is 587 Å². The highest BCUT2D eigenvalue weighted by atomic mass is 16.2. The zero-order chi connectivity index (χ0) is 104. The number of piperidine rings is 5. The summed E-state index contributed by atoms with van der Waals surface area (Å²) in [7, 11) is 3.76. The molecule has 43 nitrogen and oxygen atoms in total. The molecule has 15 rings (SSSR count). The number of primary amides is 5. The van der Waals surface area contributed by atoms with Crippen molar-refractivity contribution in [2.24, 2.45) is 28.7 Å². The minimum absolute atomic E-state index is 0.00759. The van der Waals surface area contributed by atoms with Gasteiger partial charge in [0.1, 0.15) is 11.6 Å². The Kier molecular flexibility index (Phi) is 38.0. The predicted octanol–water partition coefficient (Wildman–Crippen LogP) is 10.1. The number of anilines is 15. The van der Waals surface area contributed by atoms with Gasteiger partial charge in [0, 0.05) is 137 Å². The van der Waals surface area contributed by atoms with Gasteiger partial charge >= 0.3 is 0 Å². The first-order valence-electron chi connectivity index (χ1n) is 47.0. The molecule has 5 aliphatic rings.